The summed E-state index contributed by atoms with van der Waals surface area (Å²) in [5.74, 6) is 1.94. The Bertz CT molecular complexity index is 341. The van der Waals surface area contributed by atoms with Crippen LogP contribution in [0.2, 0.25) is 0 Å². The number of para-hydroxylation sites is 1. The van der Waals surface area contributed by atoms with Crippen molar-refractivity contribution in [3.8, 4) is 0 Å². The maximum atomic E-state index is 11.5. The first-order valence-electron chi connectivity index (χ1n) is 5.57. The molecule has 0 bridgehead atoms. The van der Waals surface area contributed by atoms with Gasteiger partial charge in [-0.3, -0.25) is 4.79 Å². The minimum atomic E-state index is -0.00933. The summed E-state index contributed by atoms with van der Waals surface area (Å²) in [6, 6.07) is 9.46. The van der Waals surface area contributed by atoms with E-state index in [1.54, 1.807) is 11.8 Å². The molecule has 17 heavy (non-hydrogen) atoms. The first-order valence-corrected chi connectivity index (χ1v) is 6.72. The molecule has 0 fully saturated rings. The van der Waals surface area contributed by atoms with E-state index >= 15 is 0 Å². The average molecular weight is 250 g/mol. The summed E-state index contributed by atoms with van der Waals surface area (Å²) in [6.07, 6.45) is 1.88. The molecule has 0 aliphatic rings. The summed E-state index contributed by atoms with van der Waals surface area (Å²) in [6.45, 7) is 4.83. The van der Waals surface area contributed by atoms with Crippen LogP contribution >= 0.6 is 11.8 Å². The molecule has 3 nitrogen and oxygen atoms in total. The molecule has 0 aliphatic heterocycles. The standard InChI is InChI=1S/C13H18N2OS/c1-2-9-17-10-8-14-11-13(16)15-12-6-4-3-5-7-12/h2-7,14H,1,8-11H2,(H,15,16). The lowest BCUT2D eigenvalue weighted by atomic mass is 10.3. The number of nitrogens with one attached hydrogen (secondary N) is 2. The van der Waals surface area contributed by atoms with E-state index in [2.05, 4.69) is 17.2 Å². The smallest absolute Gasteiger partial charge is 0.238 e. The quantitative estimate of drug-likeness (QED) is 0.548. The fraction of sp³-hybridized carbons (Fsp3) is 0.308. The second-order valence-corrected chi connectivity index (χ2v) is 4.60. The highest BCUT2D eigenvalue weighted by molar-refractivity contribution is 7.99. The molecule has 0 saturated carbocycles. The first-order chi connectivity index (χ1) is 8.33. The highest BCUT2D eigenvalue weighted by atomic mass is 32.2. The van der Waals surface area contributed by atoms with Crippen LogP contribution in [0.3, 0.4) is 0 Å². The lowest BCUT2D eigenvalue weighted by Gasteiger charge is -2.06. The highest BCUT2D eigenvalue weighted by Gasteiger charge is 2.00. The van der Waals surface area contributed by atoms with Crippen molar-refractivity contribution < 1.29 is 4.79 Å². The van der Waals surface area contributed by atoms with Crippen LogP contribution in [0.1, 0.15) is 0 Å². The molecule has 1 amide bonds. The lowest BCUT2D eigenvalue weighted by Crippen LogP contribution is -2.29. The Morgan fingerprint density at radius 2 is 2.12 bits per heavy atom. The van der Waals surface area contributed by atoms with Gasteiger partial charge >= 0.3 is 0 Å². The van der Waals surface area contributed by atoms with Crippen molar-refractivity contribution in [1.82, 2.24) is 5.32 Å². The molecule has 1 aromatic rings. The van der Waals surface area contributed by atoms with E-state index in [1.165, 1.54) is 0 Å². The molecule has 0 radical (unpaired) electrons. The zero-order valence-electron chi connectivity index (χ0n) is 9.82. The predicted molar refractivity (Wildman–Crippen MR) is 75.5 cm³/mol. The number of rotatable bonds is 8. The zero-order chi connectivity index (χ0) is 12.3. The van der Waals surface area contributed by atoms with Crippen LogP contribution < -0.4 is 10.6 Å². The Kier molecular flexibility index (Phi) is 7.18. The Balaban J connectivity index is 2.07. The predicted octanol–water partition coefficient (Wildman–Crippen LogP) is 2.13. The molecule has 0 heterocycles. The first kappa shape index (κ1) is 13.8. The molecule has 1 rings (SSSR count). The van der Waals surface area contributed by atoms with Gasteiger partial charge in [-0.2, -0.15) is 11.8 Å². The third-order valence-corrected chi connectivity index (χ3v) is 2.97. The maximum absolute atomic E-state index is 11.5. The number of carbonyl (C=O) groups excluding carboxylic acids is 1. The molecule has 0 spiro atoms. The van der Waals surface area contributed by atoms with Crippen LogP contribution in [0.4, 0.5) is 5.69 Å². The Morgan fingerprint density at radius 1 is 1.35 bits per heavy atom. The van der Waals surface area contributed by atoms with E-state index in [1.807, 2.05) is 36.4 Å². The van der Waals surface area contributed by atoms with Crippen molar-refractivity contribution in [3.63, 3.8) is 0 Å². The second-order valence-electron chi connectivity index (χ2n) is 3.45. The van der Waals surface area contributed by atoms with Gasteiger partial charge in [-0.05, 0) is 12.1 Å². The third kappa shape index (κ3) is 6.81. The van der Waals surface area contributed by atoms with Gasteiger partial charge in [0.1, 0.15) is 0 Å². The molecule has 4 heteroatoms. The maximum Gasteiger partial charge on any atom is 0.238 e. The number of thioether (sulfide) groups is 1. The zero-order valence-corrected chi connectivity index (χ0v) is 10.6. The van der Waals surface area contributed by atoms with E-state index in [4.69, 9.17) is 0 Å². The van der Waals surface area contributed by atoms with Gasteiger partial charge in [-0.1, -0.05) is 24.3 Å². The summed E-state index contributed by atoms with van der Waals surface area (Å²) in [7, 11) is 0. The molecule has 1 aromatic carbocycles. The summed E-state index contributed by atoms with van der Waals surface area (Å²) in [5, 5.41) is 5.92. The molecular formula is C13H18N2OS. The summed E-state index contributed by atoms with van der Waals surface area (Å²) in [4.78, 5) is 11.5. The van der Waals surface area contributed by atoms with Crippen LogP contribution in [-0.4, -0.2) is 30.5 Å². The van der Waals surface area contributed by atoms with Gasteiger partial charge in [-0.25, -0.2) is 0 Å². The molecular weight excluding hydrogens is 232 g/mol. The van der Waals surface area contributed by atoms with Crippen molar-refractivity contribution >= 4 is 23.4 Å². The summed E-state index contributed by atoms with van der Waals surface area (Å²) in [5.41, 5.74) is 0.834. The SMILES string of the molecule is C=CCSCCNCC(=O)Nc1ccccc1. The number of benzene rings is 1. The van der Waals surface area contributed by atoms with Gasteiger partial charge in [0.25, 0.3) is 0 Å². The average Bonchev–Trinajstić information content (AvgIpc) is 2.35. The van der Waals surface area contributed by atoms with Crippen molar-refractivity contribution in [3.05, 3.63) is 43.0 Å². The fourth-order valence-electron chi connectivity index (χ4n) is 1.24. The van der Waals surface area contributed by atoms with Crippen LogP contribution in [0, 0.1) is 0 Å². The van der Waals surface area contributed by atoms with Crippen molar-refractivity contribution in [1.29, 1.82) is 0 Å². The van der Waals surface area contributed by atoms with Crippen molar-refractivity contribution in [2.75, 3.05) is 29.9 Å². The van der Waals surface area contributed by atoms with E-state index < -0.39 is 0 Å². The third-order valence-electron chi connectivity index (χ3n) is 2.00. The normalized spacial score (nSPS) is 9.88. The Labute approximate surface area is 107 Å². The highest BCUT2D eigenvalue weighted by Crippen LogP contribution is 2.03. The number of carbonyl (C=O) groups is 1. The fourth-order valence-corrected chi connectivity index (χ4v) is 1.86. The van der Waals surface area contributed by atoms with Gasteiger partial charge < -0.3 is 10.6 Å². The monoisotopic (exact) mass is 250 g/mol. The Morgan fingerprint density at radius 3 is 2.82 bits per heavy atom. The number of amides is 1. The lowest BCUT2D eigenvalue weighted by molar-refractivity contribution is -0.115. The van der Waals surface area contributed by atoms with Crippen LogP contribution in [0.25, 0.3) is 0 Å². The summed E-state index contributed by atoms with van der Waals surface area (Å²) < 4.78 is 0. The molecule has 0 saturated heterocycles. The minimum Gasteiger partial charge on any atom is -0.325 e. The largest absolute Gasteiger partial charge is 0.325 e. The molecule has 0 atom stereocenters. The minimum absolute atomic E-state index is 0.00933. The summed E-state index contributed by atoms with van der Waals surface area (Å²) >= 11 is 1.80. The van der Waals surface area contributed by atoms with Crippen LogP contribution in [-0.2, 0) is 4.79 Å². The number of hydrogen-bond donors (Lipinski definition) is 2. The number of hydrogen-bond acceptors (Lipinski definition) is 3. The second kappa shape index (κ2) is 8.84. The molecule has 92 valence electrons. The molecule has 0 aliphatic carbocycles. The van der Waals surface area contributed by atoms with Crippen molar-refractivity contribution in [2.24, 2.45) is 0 Å². The number of anilines is 1. The van der Waals surface area contributed by atoms with Gasteiger partial charge in [-0.15, -0.1) is 6.58 Å². The van der Waals surface area contributed by atoms with Gasteiger partial charge in [0.15, 0.2) is 0 Å². The van der Waals surface area contributed by atoms with Gasteiger partial charge in [0, 0.05) is 23.7 Å². The Hall–Kier alpha value is -1.26. The van der Waals surface area contributed by atoms with Gasteiger partial charge in [0.05, 0.1) is 6.54 Å². The van der Waals surface area contributed by atoms with Crippen LogP contribution in [0.5, 0.6) is 0 Å². The van der Waals surface area contributed by atoms with Crippen LogP contribution in [0.15, 0.2) is 43.0 Å². The molecule has 0 unspecified atom stereocenters. The van der Waals surface area contributed by atoms with E-state index in [0.29, 0.717) is 6.54 Å². The van der Waals surface area contributed by atoms with Crippen molar-refractivity contribution in [2.45, 2.75) is 0 Å². The van der Waals surface area contributed by atoms with Gasteiger partial charge in [0.2, 0.25) is 5.91 Å². The molecule has 0 aromatic heterocycles. The van der Waals surface area contributed by atoms with E-state index in [-0.39, 0.29) is 5.91 Å². The van der Waals surface area contributed by atoms with E-state index in [9.17, 15) is 4.79 Å². The van der Waals surface area contributed by atoms with E-state index in [0.717, 1.165) is 23.7 Å². The topological polar surface area (TPSA) is 41.1 Å². The molecule has 2 N–H and O–H groups in total.